The van der Waals surface area contributed by atoms with Crippen molar-refractivity contribution < 1.29 is 18.7 Å². The lowest BCUT2D eigenvalue weighted by atomic mass is 10.00. The Hall–Kier alpha value is -3.85. The monoisotopic (exact) mass is 462 g/mol. The molecule has 4 aromatic rings. The molecule has 9 heteroatoms. The summed E-state index contributed by atoms with van der Waals surface area (Å²) in [4.78, 5) is 32.1. The molecule has 2 aromatic carbocycles. The van der Waals surface area contributed by atoms with Crippen LogP contribution in [0, 0.1) is 5.82 Å². The van der Waals surface area contributed by atoms with Gasteiger partial charge >= 0.3 is 5.97 Å². The Morgan fingerprint density at radius 2 is 1.82 bits per heavy atom. The molecule has 2 aromatic heterocycles. The molecular weight excluding hydrogens is 443 g/mol. The van der Waals surface area contributed by atoms with Crippen LogP contribution in [0.25, 0.3) is 16.4 Å². The summed E-state index contributed by atoms with van der Waals surface area (Å²) in [7, 11) is 0. The third-order valence-corrected chi connectivity index (χ3v) is 6.28. The molecule has 166 valence electrons. The Bertz CT molecular complexity index is 1300. The van der Waals surface area contributed by atoms with E-state index in [-0.39, 0.29) is 24.2 Å². The number of carbonyl (C=O) groups is 2. The molecule has 0 saturated heterocycles. The van der Waals surface area contributed by atoms with E-state index in [0.717, 1.165) is 16.9 Å². The first-order valence-corrected chi connectivity index (χ1v) is 11.2. The predicted octanol–water partition coefficient (Wildman–Crippen LogP) is 3.88. The minimum Gasteiger partial charge on any atom is -0.450 e. The van der Waals surface area contributed by atoms with Crippen LogP contribution >= 0.6 is 11.3 Å². The third kappa shape index (κ3) is 4.40. The number of benzene rings is 2. The highest BCUT2D eigenvalue weighted by molar-refractivity contribution is 7.13. The van der Waals surface area contributed by atoms with Gasteiger partial charge in [0.2, 0.25) is 0 Å². The third-order valence-electron chi connectivity index (χ3n) is 5.41. The number of ether oxygens (including phenoxy) is 1. The second kappa shape index (κ2) is 8.95. The first-order valence-electron chi connectivity index (χ1n) is 10.4. The van der Waals surface area contributed by atoms with Crippen molar-refractivity contribution in [2.75, 3.05) is 13.2 Å². The van der Waals surface area contributed by atoms with Gasteiger partial charge in [-0.2, -0.15) is 4.98 Å². The number of nitrogens with zero attached hydrogens (tertiary/aromatic N) is 4. The van der Waals surface area contributed by atoms with Gasteiger partial charge in [-0.25, -0.2) is 13.9 Å². The zero-order valence-corrected chi connectivity index (χ0v) is 18.3. The molecule has 0 unspecified atom stereocenters. The van der Waals surface area contributed by atoms with Gasteiger partial charge in [-0.3, -0.25) is 4.79 Å². The van der Waals surface area contributed by atoms with Crippen molar-refractivity contribution in [2.24, 2.45) is 0 Å². The summed E-state index contributed by atoms with van der Waals surface area (Å²) in [5, 5.41) is 6.16. The van der Waals surface area contributed by atoms with E-state index >= 15 is 0 Å². The maximum absolute atomic E-state index is 13.4. The highest BCUT2D eigenvalue weighted by Crippen LogP contribution is 2.26. The zero-order chi connectivity index (χ0) is 22.8. The van der Waals surface area contributed by atoms with E-state index in [4.69, 9.17) is 4.74 Å². The summed E-state index contributed by atoms with van der Waals surface area (Å²) in [6, 6.07) is 17.4. The number of fused-ring (bicyclic) bond motifs is 1. The Morgan fingerprint density at radius 3 is 2.58 bits per heavy atom. The molecule has 33 heavy (non-hydrogen) atoms. The van der Waals surface area contributed by atoms with E-state index in [1.165, 1.54) is 33.7 Å². The molecule has 0 N–H and O–H groups in total. The van der Waals surface area contributed by atoms with Crippen LogP contribution < -0.4 is 0 Å². The molecule has 0 bridgehead atoms. The quantitative estimate of drug-likeness (QED) is 0.421. The number of hydrogen-bond acceptors (Lipinski definition) is 6. The van der Waals surface area contributed by atoms with Crippen LogP contribution in [-0.4, -0.2) is 44.7 Å². The van der Waals surface area contributed by atoms with Gasteiger partial charge in [0, 0.05) is 13.1 Å². The maximum Gasteiger partial charge on any atom is 0.378 e. The molecule has 0 spiro atoms. The van der Waals surface area contributed by atoms with Crippen molar-refractivity contribution >= 4 is 23.2 Å². The topological polar surface area (TPSA) is 77.3 Å². The average Bonchev–Trinajstić information content (AvgIpc) is 3.53. The Balaban J connectivity index is 1.31. The fraction of sp³-hybridized carbons (Fsp3) is 0.167. The van der Waals surface area contributed by atoms with Crippen LogP contribution in [0.15, 0.2) is 66.0 Å². The van der Waals surface area contributed by atoms with E-state index in [2.05, 4.69) is 16.1 Å². The fourth-order valence-corrected chi connectivity index (χ4v) is 4.42. The maximum atomic E-state index is 13.4. The van der Waals surface area contributed by atoms with E-state index in [1.807, 2.05) is 35.7 Å². The SMILES string of the molecule is O=C(OCC(=O)N1CCc2ccccc2C1)c1nc(-c2cccs2)n(-c2ccc(F)cc2)n1. The number of hydrogen-bond donors (Lipinski definition) is 0. The number of thiophene rings is 1. The lowest BCUT2D eigenvalue weighted by Crippen LogP contribution is -2.38. The molecule has 0 radical (unpaired) electrons. The molecule has 0 aliphatic carbocycles. The van der Waals surface area contributed by atoms with Crippen molar-refractivity contribution in [1.29, 1.82) is 0 Å². The van der Waals surface area contributed by atoms with Crippen LogP contribution in [0.5, 0.6) is 0 Å². The van der Waals surface area contributed by atoms with E-state index in [1.54, 1.807) is 17.0 Å². The molecule has 1 aliphatic rings. The molecule has 1 amide bonds. The van der Waals surface area contributed by atoms with Gasteiger partial charge in [-0.15, -0.1) is 16.4 Å². The largest absolute Gasteiger partial charge is 0.450 e. The second-order valence-corrected chi connectivity index (χ2v) is 8.48. The first-order chi connectivity index (χ1) is 16.1. The van der Waals surface area contributed by atoms with Crippen molar-refractivity contribution in [2.45, 2.75) is 13.0 Å². The van der Waals surface area contributed by atoms with E-state index in [9.17, 15) is 14.0 Å². The number of aromatic nitrogens is 3. The molecule has 3 heterocycles. The Labute approximate surface area is 193 Å². The van der Waals surface area contributed by atoms with Gasteiger partial charge < -0.3 is 9.64 Å². The van der Waals surface area contributed by atoms with Gasteiger partial charge in [-0.1, -0.05) is 30.3 Å². The highest BCUT2D eigenvalue weighted by atomic mass is 32.1. The summed E-state index contributed by atoms with van der Waals surface area (Å²) < 4.78 is 20.1. The number of rotatable bonds is 5. The van der Waals surface area contributed by atoms with Crippen LogP contribution in [0.4, 0.5) is 4.39 Å². The molecule has 0 saturated carbocycles. The first kappa shape index (κ1) is 21.0. The van der Waals surface area contributed by atoms with Crippen molar-refractivity contribution in [3.63, 3.8) is 0 Å². The molecule has 1 aliphatic heterocycles. The summed E-state index contributed by atoms with van der Waals surface area (Å²) >= 11 is 1.43. The summed E-state index contributed by atoms with van der Waals surface area (Å²) in [5.74, 6) is -1.18. The van der Waals surface area contributed by atoms with Crippen molar-refractivity contribution in [1.82, 2.24) is 19.7 Å². The number of amides is 1. The summed E-state index contributed by atoms with van der Waals surface area (Å²) in [5.41, 5.74) is 2.88. The van der Waals surface area contributed by atoms with Gasteiger partial charge in [0.05, 0.1) is 10.6 Å². The number of esters is 1. The smallest absolute Gasteiger partial charge is 0.378 e. The summed E-state index contributed by atoms with van der Waals surface area (Å²) in [6.07, 6.45) is 0.768. The second-order valence-electron chi connectivity index (χ2n) is 7.53. The van der Waals surface area contributed by atoms with E-state index in [0.29, 0.717) is 24.6 Å². The fourth-order valence-electron chi connectivity index (χ4n) is 3.72. The van der Waals surface area contributed by atoms with E-state index < -0.39 is 5.97 Å². The number of carbonyl (C=O) groups excluding carboxylic acids is 2. The van der Waals surface area contributed by atoms with Gasteiger partial charge in [0.15, 0.2) is 12.4 Å². The number of halogens is 1. The minimum absolute atomic E-state index is 0.167. The molecular formula is C24H19FN4O3S. The highest BCUT2D eigenvalue weighted by Gasteiger charge is 2.24. The lowest BCUT2D eigenvalue weighted by Gasteiger charge is -2.28. The van der Waals surface area contributed by atoms with Crippen molar-refractivity contribution in [3.8, 4) is 16.4 Å². The Morgan fingerprint density at radius 1 is 1.03 bits per heavy atom. The van der Waals surface area contributed by atoms with Gasteiger partial charge in [0.1, 0.15) is 5.82 Å². The Kier molecular flexibility index (Phi) is 5.70. The van der Waals surface area contributed by atoms with Crippen LogP contribution in [0.3, 0.4) is 0 Å². The molecule has 7 nitrogen and oxygen atoms in total. The molecule has 0 atom stereocenters. The van der Waals surface area contributed by atoms with Crippen LogP contribution in [-0.2, 0) is 22.5 Å². The predicted molar refractivity (Wildman–Crippen MR) is 120 cm³/mol. The van der Waals surface area contributed by atoms with Gasteiger partial charge in [-0.05, 0) is 53.3 Å². The summed E-state index contributed by atoms with van der Waals surface area (Å²) in [6.45, 7) is 0.681. The molecule has 0 fully saturated rings. The normalized spacial score (nSPS) is 12.9. The van der Waals surface area contributed by atoms with Crippen molar-refractivity contribution in [3.05, 3.63) is 88.8 Å². The standard InChI is InChI=1S/C24H19FN4O3S/c25-18-7-9-19(10-8-18)29-23(20-6-3-13-33-20)26-22(27-29)24(31)32-15-21(30)28-12-11-16-4-1-2-5-17(16)14-28/h1-10,13H,11-12,14-15H2. The molecule has 5 rings (SSSR count). The lowest BCUT2D eigenvalue weighted by molar-refractivity contribution is -0.135. The van der Waals surface area contributed by atoms with Crippen LogP contribution in [0.1, 0.15) is 21.7 Å². The average molecular weight is 463 g/mol. The van der Waals surface area contributed by atoms with Crippen LogP contribution in [0.2, 0.25) is 0 Å². The zero-order valence-electron chi connectivity index (χ0n) is 17.5. The van der Waals surface area contributed by atoms with Gasteiger partial charge in [0.25, 0.3) is 11.7 Å². The minimum atomic E-state index is -0.792.